The molecule has 1 aliphatic rings. The van der Waals surface area contributed by atoms with Crippen LogP contribution in [0.15, 0.2) is 66.7 Å². The highest BCUT2D eigenvalue weighted by molar-refractivity contribution is 5.90. The monoisotopic (exact) mass is 621 g/mol. The molecule has 238 valence electrons. The Kier molecular flexibility index (Phi) is 10.2. The predicted molar refractivity (Wildman–Crippen MR) is 167 cm³/mol. The SMILES string of the molecule is CC(C)(C)O.Cc1nc(C)c(-c2ccc(OCCc3ccc(F)cc3)cc2)c(-c2ccc3c(c2)C(F)(F)CCO3)c1CC(=O)O. The Morgan fingerprint density at radius 3 is 2.20 bits per heavy atom. The number of fused-ring (bicyclic) bond motifs is 1. The molecule has 0 unspecified atom stereocenters. The highest BCUT2D eigenvalue weighted by Crippen LogP contribution is 2.45. The number of aromatic nitrogens is 1. The summed E-state index contributed by atoms with van der Waals surface area (Å²) in [7, 11) is 0. The van der Waals surface area contributed by atoms with Crippen LogP contribution in [-0.4, -0.2) is 40.0 Å². The second kappa shape index (κ2) is 13.7. The van der Waals surface area contributed by atoms with Crippen molar-refractivity contribution in [3.05, 3.63) is 101 Å². The number of aliphatic hydroxyl groups is 1. The number of ether oxygens (including phenoxy) is 2. The highest BCUT2D eigenvalue weighted by Gasteiger charge is 2.38. The largest absolute Gasteiger partial charge is 0.493 e. The van der Waals surface area contributed by atoms with Crippen molar-refractivity contribution in [3.63, 3.8) is 0 Å². The van der Waals surface area contributed by atoms with E-state index in [9.17, 15) is 23.1 Å². The van der Waals surface area contributed by atoms with Gasteiger partial charge in [-0.2, -0.15) is 0 Å². The van der Waals surface area contributed by atoms with Crippen LogP contribution in [0.2, 0.25) is 0 Å². The number of benzene rings is 3. The van der Waals surface area contributed by atoms with Crippen LogP contribution in [-0.2, 0) is 23.6 Å². The molecular formula is C36H38F3NO5. The third-order valence-corrected chi connectivity index (χ3v) is 7.07. The molecule has 0 fully saturated rings. The highest BCUT2D eigenvalue weighted by atomic mass is 19.3. The number of pyridine rings is 1. The van der Waals surface area contributed by atoms with Crippen molar-refractivity contribution in [1.82, 2.24) is 4.98 Å². The van der Waals surface area contributed by atoms with Crippen molar-refractivity contribution < 1.29 is 37.7 Å². The molecule has 0 bridgehead atoms. The molecule has 0 saturated heterocycles. The van der Waals surface area contributed by atoms with E-state index < -0.39 is 23.9 Å². The molecule has 0 radical (unpaired) electrons. The number of aryl methyl sites for hydroxylation is 2. The molecule has 4 aromatic rings. The van der Waals surface area contributed by atoms with E-state index in [1.54, 1.807) is 58.0 Å². The maximum atomic E-state index is 14.8. The van der Waals surface area contributed by atoms with E-state index in [2.05, 4.69) is 4.98 Å². The van der Waals surface area contributed by atoms with E-state index in [1.807, 2.05) is 19.1 Å². The lowest BCUT2D eigenvalue weighted by Crippen LogP contribution is -2.24. The average molecular weight is 622 g/mol. The van der Waals surface area contributed by atoms with E-state index in [0.717, 1.165) is 11.1 Å². The van der Waals surface area contributed by atoms with Crippen LogP contribution in [0.25, 0.3) is 22.3 Å². The third kappa shape index (κ3) is 8.85. The van der Waals surface area contributed by atoms with Crippen molar-refractivity contribution in [2.24, 2.45) is 0 Å². The van der Waals surface area contributed by atoms with Gasteiger partial charge in [0, 0.05) is 23.4 Å². The number of carboxylic acid groups (broad SMARTS) is 1. The van der Waals surface area contributed by atoms with Crippen LogP contribution in [0.1, 0.15) is 55.3 Å². The van der Waals surface area contributed by atoms with Gasteiger partial charge >= 0.3 is 5.97 Å². The first-order valence-electron chi connectivity index (χ1n) is 14.7. The summed E-state index contributed by atoms with van der Waals surface area (Å²) in [6, 6.07) is 18.2. The summed E-state index contributed by atoms with van der Waals surface area (Å²) in [5, 5.41) is 18.2. The number of carbonyl (C=O) groups is 1. The van der Waals surface area contributed by atoms with E-state index in [0.29, 0.717) is 52.4 Å². The minimum Gasteiger partial charge on any atom is -0.493 e. The van der Waals surface area contributed by atoms with Gasteiger partial charge in [0.15, 0.2) is 0 Å². The molecule has 3 aromatic carbocycles. The summed E-state index contributed by atoms with van der Waals surface area (Å²) in [5.41, 5.74) is 4.33. The number of aliphatic carboxylic acids is 1. The number of rotatable bonds is 8. The van der Waals surface area contributed by atoms with Gasteiger partial charge < -0.3 is 19.7 Å². The van der Waals surface area contributed by atoms with Crippen LogP contribution >= 0.6 is 0 Å². The van der Waals surface area contributed by atoms with E-state index in [4.69, 9.17) is 14.6 Å². The van der Waals surface area contributed by atoms with Gasteiger partial charge in [0.05, 0.1) is 37.2 Å². The van der Waals surface area contributed by atoms with Crippen molar-refractivity contribution in [1.29, 1.82) is 0 Å². The summed E-state index contributed by atoms with van der Waals surface area (Å²) < 4.78 is 54.2. The van der Waals surface area contributed by atoms with Crippen LogP contribution < -0.4 is 9.47 Å². The van der Waals surface area contributed by atoms with Gasteiger partial charge in [-0.15, -0.1) is 0 Å². The zero-order valence-corrected chi connectivity index (χ0v) is 26.1. The Bertz CT molecular complexity index is 1640. The molecule has 2 N–H and O–H groups in total. The molecule has 2 heterocycles. The van der Waals surface area contributed by atoms with E-state index in [-0.39, 0.29) is 30.2 Å². The number of halogens is 3. The first-order valence-corrected chi connectivity index (χ1v) is 14.7. The van der Waals surface area contributed by atoms with Gasteiger partial charge in [-0.3, -0.25) is 9.78 Å². The second-order valence-corrected chi connectivity index (χ2v) is 12.0. The Labute approximate surface area is 261 Å². The van der Waals surface area contributed by atoms with E-state index >= 15 is 0 Å². The fourth-order valence-corrected chi connectivity index (χ4v) is 5.10. The van der Waals surface area contributed by atoms with Gasteiger partial charge in [-0.05, 0) is 98.8 Å². The molecule has 1 aromatic heterocycles. The van der Waals surface area contributed by atoms with Gasteiger partial charge in [-0.25, -0.2) is 13.2 Å². The first-order chi connectivity index (χ1) is 21.1. The summed E-state index contributed by atoms with van der Waals surface area (Å²) in [6.07, 6.45) is -0.121. The Balaban J connectivity index is 0.000000854. The third-order valence-electron chi connectivity index (χ3n) is 7.07. The topological polar surface area (TPSA) is 88.9 Å². The summed E-state index contributed by atoms with van der Waals surface area (Å²) in [5.74, 6) is -3.63. The van der Waals surface area contributed by atoms with Crippen molar-refractivity contribution in [2.45, 2.75) is 65.4 Å². The molecule has 0 atom stereocenters. The maximum absolute atomic E-state index is 14.8. The standard InChI is InChI=1S/C32H28F3NO4.C4H10O/c1-19-26(18-29(37)38)31(23-7-12-28-27(17-23)32(34,35)14-16-40-28)30(20(2)36-19)22-5-10-25(11-6-22)39-15-13-21-3-8-24(33)9-4-21;1-4(2,3)5/h3-12,17H,13-16,18H2,1-2H3,(H,37,38);5H,1-3H3. The number of hydrogen-bond acceptors (Lipinski definition) is 5. The molecule has 0 saturated carbocycles. The molecule has 0 amide bonds. The van der Waals surface area contributed by atoms with Crippen LogP contribution in [0, 0.1) is 19.7 Å². The lowest BCUT2D eigenvalue weighted by Gasteiger charge is -2.27. The number of nitrogens with zero attached hydrogens (tertiary/aromatic N) is 1. The van der Waals surface area contributed by atoms with Crippen molar-refractivity contribution >= 4 is 5.97 Å². The smallest absolute Gasteiger partial charge is 0.307 e. The van der Waals surface area contributed by atoms with Gasteiger partial charge in [0.1, 0.15) is 17.3 Å². The lowest BCUT2D eigenvalue weighted by atomic mass is 9.86. The van der Waals surface area contributed by atoms with Crippen LogP contribution in [0.4, 0.5) is 13.2 Å². The summed E-state index contributed by atoms with van der Waals surface area (Å²) in [4.78, 5) is 16.5. The zero-order valence-electron chi connectivity index (χ0n) is 26.1. The fraction of sp³-hybridized carbons (Fsp3) is 0.333. The number of alkyl halides is 2. The lowest BCUT2D eigenvalue weighted by molar-refractivity contribution is -0.136. The van der Waals surface area contributed by atoms with Crippen LogP contribution in [0.5, 0.6) is 11.5 Å². The summed E-state index contributed by atoms with van der Waals surface area (Å²) >= 11 is 0. The van der Waals surface area contributed by atoms with Gasteiger partial charge in [0.25, 0.3) is 5.92 Å². The van der Waals surface area contributed by atoms with Gasteiger partial charge in [0.2, 0.25) is 0 Å². The molecule has 1 aliphatic heterocycles. The quantitative estimate of drug-likeness (QED) is 0.207. The minimum absolute atomic E-state index is 0.0688. The molecule has 5 rings (SSSR count). The number of carboxylic acids is 1. The van der Waals surface area contributed by atoms with Crippen LogP contribution in [0.3, 0.4) is 0 Å². The molecule has 0 aliphatic carbocycles. The normalized spacial score (nSPS) is 13.6. The average Bonchev–Trinajstić information content (AvgIpc) is 2.95. The fourth-order valence-electron chi connectivity index (χ4n) is 5.10. The molecule has 6 nitrogen and oxygen atoms in total. The minimum atomic E-state index is -3.05. The van der Waals surface area contributed by atoms with E-state index in [1.165, 1.54) is 24.3 Å². The first kappa shape index (κ1) is 33.5. The predicted octanol–water partition coefficient (Wildman–Crippen LogP) is 8.07. The Morgan fingerprint density at radius 1 is 0.956 bits per heavy atom. The van der Waals surface area contributed by atoms with Gasteiger partial charge in [-0.1, -0.05) is 30.3 Å². The Hall–Kier alpha value is -4.37. The van der Waals surface area contributed by atoms with Crippen molar-refractivity contribution in [3.8, 4) is 33.8 Å². The summed E-state index contributed by atoms with van der Waals surface area (Å²) in [6.45, 7) is 9.11. The molecule has 45 heavy (non-hydrogen) atoms. The Morgan fingerprint density at radius 2 is 1.58 bits per heavy atom. The van der Waals surface area contributed by atoms with Crippen molar-refractivity contribution in [2.75, 3.05) is 13.2 Å². The second-order valence-electron chi connectivity index (χ2n) is 12.0. The molecular weight excluding hydrogens is 583 g/mol. The zero-order chi connectivity index (χ0) is 32.9. The molecule has 0 spiro atoms. The molecule has 9 heteroatoms. The number of hydrogen-bond donors (Lipinski definition) is 2. The maximum Gasteiger partial charge on any atom is 0.307 e.